The van der Waals surface area contributed by atoms with Gasteiger partial charge in [0, 0.05) is 31.2 Å². The van der Waals surface area contributed by atoms with Crippen molar-refractivity contribution in [2.75, 3.05) is 26.7 Å². The molecule has 1 aromatic rings. The molecule has 0 aromatic heterocycles. The van der Waals surface area contributed by atoms with E-state index in [9.17, 15) is 14.4 Å². The maximum Gasteiger partial charge on any atom is 0.327 e. The maximum atomic E-state index is 12.9. The van der Waals surface area contributed by atoms with Crippen LogP contribution in [0.2, 0.25) is 5.02 Å². The van der Waals surface area contributed by atoms with Gasteiger partial charge in [-0.15, -0.1) is 0 Å². The summed E-state index contributed by atoms with van der Waals surface area (Å²) in [6.45, 7) is 4.66. The monoisotopic (exact) mass is 393 g/mol. The molecule has 0 spiro atoms. The third-order valence-electron chi connectivity index (χ3n) is 5.11. The highest BCUT2D eigenvalue weighted by atomic mass is 35.5. The summed E-state index contributed by atoms with van der Waals surface area (Å²) in [4.78, 5) is 41.3. The minimum atomic E-state index is -1.01. The molecule has 0 aliphatic carbocycles. The van der Waals surface area contributed by atoms with Crippen molar-refractivity contribution in [3.05, 3.63) is 29.3 Å². The number of benzene rings is 1. The number of hydrogen-bond acceptors (Lipinski definition) is 4. The fourth-order valence-corrected chi connectivity index (χ4v) is 3.63. The Bertz CT molecular complexity index is 742. The second kappa shape index (κ2) is 7.38. The number of amides is 4. The van der Waals surface area contributed by atoms with Crippen LogP contribution in [0.15, 0.2) is 24.3 Å². The van der Waals surface area contributed by atoms with Gasteiger partial charge in [-0.2, -0.15) is 0 Å². The summed E-state index contributed by atoms with van der Waals surface area (Å²) in [6.07, 6.45) is 1.30. The number of carbonyl (C=O) groups excluding carboxylic acids is 3. The summed E-state index contributed by atoms with van der Waals surface area (Å²) in [5, 5.41) is 0.606. The number of ether oxygens (including phenoxy) is 1. The third kappa shape index (κ3) is 4.03. The highest BCUT2D eigenvalue weighted by Crippen LogP contribution is 2.26. The van der Waals surface area contributed by atoms with E-state index in [2.05, 4.69) is 0 Å². The van der Waals surface area contributed by atoms with Crippen molar-refractivity contribution >= 4 is 29.4 Å². The van der Waals surface area contributed by atoms with E-state index in [4.69, 9.17) is 16.3 Å². The number of imide groups is 1. The number of carbonyl (C=O) groups is 3. The molecule has 0 saturated carbocycles. The van der Waals surface area contributed by atoms with Crippen LogP contribution in [0.4, 0.5) is 4.79 Å². The van der Waals surface area contributed by atoms with E-state index in [1.54, 1.807) is 47.9 Å². The van der Waals surface area contributed by atoms with E-state index in [-0.39, 0.29) is 30.4 Å². The molecule has 2 heterocycles. The number of hydrogen-bond donors (Lipinski definition) is 0. The Morgan fingerprint density at radius 3 is 2.26 bits per heavy atom. The predicted molar refractivity (Wildman–Crippen MR) is 101 cm³/mol. The average Bonchev–Trinajstić information content (AvgIpc) is 2.90. The van der Waals surface area contributed by atoms with E-state index in [0.29, 0.717) is 36.7 Å². The largest absolute Gasteiger partial charge is 0.478 e. The van der Waals surface area contributed by atoms with Gasteiger partial charge in [0.25, 0.3) is 5.91 Å². The second-order valence-corrected chi connectivity index (χ2v) is 7.89. The molecule has 2 aliphatic rings. The van der Waals surface area contributed by atoms with Crippen LogP contribution in [0.5, 0.6) is 5.75 Å². The van der Waals surface area contributed by atoms with Crippen molar-refractivity contribution < 1.29 is 19.1 Å². The summed E-state index contributed by atoms with van der Waals surface area (Å²) < 4.78 is 5.88. The lowest BCUT2D eigenvalue weighted by Crippen LogP contribution is -2.54. The van der Waals surface area contributed by atoms with Gasteiger partial charge in [-0.25, -0.2) is 4.79 Å². The number of likely N-dealkylation sites (tertiary alicyclic amines) is 1. The molecule has 146 valence electrons. The van der Waals surface area contributed by atoms with Crippen molar-refractivity contribution in [2.24, 2.45) is 0 Å². The zero-order chi connectivity index (χ0) is 19.8. The first-order valence-electron chi connectivity index (χ1n) is 9.00. The lowest BCUT2D eigenvalue weighted by molar-refractivity contribution is -0.147. The van der Waals surface area contributed by atoms with Crippen LogP contribution in [0.1, 0.15) is 26.7 Å². The van der Waals surface area contributed by atoms with Crippen molar-refractivity contribution in [3.63, 3.8) is 0 Å². The molecule has 3 rings (SSSR count). The third-order valence-corrected chi connectivity index (χ3v) is 5.36. The number of likely N-dealkylation sites (N-methyl/N-ethyl adjacent to an activating group) is 1. The minimum absolute atomic E-state index is 0.0178. The lowest BCUT2D eigenvalue weighted by atomic mass is 10.0. The first-order valence-corrected chi connectivity index (χ1v) is 9.38. The van der Waals surface area contributed by atoms with Gasteiger partial charge in [-0.05, 0) is 51.0 Å². The highest BCUT2D eigenvalue weighted by molar-refractivity contribution is 6.30. The Morgan fingerprint density at radius 2 is 1.74 bits per heavy atom. The van der Waals surface area contributed by atoms with Gasteiger partial charge in [-0.1, -0.05) is 11.6 Å². The first kappa shape index (κ1) is 19.5. The normalized spacial score (nSPS) is 19.0. The molecular formula is C19H24ClN3O4. The molecule has 0 N–H and O–H groups in total. The van der Waals surface area contributed by atoms with Gasteiger partial charge < -0.3 is 14.5 Å². The van der Waals surface area contributed by atoms with Gasteiger partial charge in [0.05, 0.1) is 0 Å². The predicted octanol–water partition coefficient (Wildman–Crippen LogP) is 2.38. The van der Waals surface area contributed by atoms with Crippen molar-refractivity contribution in [1.82, 2.24) is 14.7 Å². The zero-order valence-electron chi connectivity index (χ0n) is 15.8. The molecule has 1 aromatic carbocycles. The molecule has 0 radical (unpaired) electrons. The van der Waals surface area contributed by atoms with Gasteiger partial charge in [0.2, 0.25) is 5.91 Å². The molecule has 2 aliphatic heterocycles. The smallest absolute Gasteiger partial charge is 0.327 e. The Labute approximate surface area is 163 Å². The van der Waals surface area contributed by atoms with E-state index in [0.717, 1.165) is 4.90 Å². The number of nitrogens with zero attached hydrogens (tertiary/aromatic N) is 3. The van der Waals surface area contributed by atoms with Crippen LogP contribution >= 0.6 is 11.6 Å². The topological polar surface area (TPSA) is 70.2 Å². The Hall–Kier alpha value is -2.28. The maximum absolute atomic E-state index is 12.9. The number of urea groups is 1. The van der Waals surface area contributed by atoms with Crippen LogP contribution in [0.25, 0.3) is 0 Å². The number of piperidine rings is 1. The molecule has 7 nitrogen and oxygen atoms in total. The first-order chi connectivity index (χ1) is 12.7. The van der Waals surface area contributed by atoms with Crippen molar-refractivity contribution in [1.29, 1.82) is 0 Å². The molecule has 0 unspecified atom stereocenters. The summed E-state index contributed by atoms with van der Waals surface area (Å²) in [5.74, 6) is 0.296. The summed E-state index contributed by atoms with van der Waals surface area (Å²) in [6, 6.07) is 6.63. The average molecular weight is 394 g/mol. The molecule has 27 heavy (non-hydrogen) atoms. The highest BCUT2D eigenvalue weighted by Gasteiger charge is 2.41. The Morgan fingerprint density at radius 1 is 1.15 bits per heavy atom. The summed E-state index contributed by atoms with van der Waals surface area (Å²) >= 11 is 5.88. The van der Waals surface area contributed by atoms with Crippen LogP contribution < -0.4 is 4.74 Å². The van der Waals surface area contributed by atoms with Crippen LogP contribution in [0, 0.1) is 0 Å². The van der Waals surface area contributed by atoms with Gasteiger partial charge in [-0.3, -0.25) is 14.5 Å². The lowest BCUT2D eigenvalue weighted by Gasteiger charge is -2.39. The fourth-order valence-electron chi connectivity index (χ4n) is 3.51. The number of halogens is 1. The minimum Gasteiger partial charge on any atom is -0.478 e. The van der Waals surface area contributed by atoms with Gasteiger partial charge in [0.15, 0.2) is 5.60 Å². The standard InChI is InChI=1S/C19H24ClN3O4/c1-19(2,27-15-6-4-13(20)5-7-15)17(25)22-10-8-14(9-11-22)23-12-16(24)21(3)18(23)26/h4-7,14H,8-12H2,1-3H3. The SMILES string of the molecule is CN1C(=O)CN(C2CCN(C(=O)C(C)(C)Oc3ccc(Cl)cc3)CC2)C1=O. The van der Waals surface area contributed by atoms with E-state index < -0.39 is 5.60 Å². The van der Waals surface area contributed by atoms with Crippen molar-refractivity contribution in [2.45, 2.75) is 38.3 Å². The van der Waals surface area contributed by atoms with E-state index in [1.807, 2.05) is 0 Å². The zero-order valence-corrected chi connectivity index (χ0v) is 16.5. The molecule has 0 atom stereocenters. The Balaban J connectivity index is 1.58. The molecule has 4 amide bonds. The van der Waals surface area contributed by atoms with Crippen LogP contribution in [-0.2, 0) is 9.59 Å². The van der Waals surface area contributed by atoms with E-state index in [1.165, 1.54) is 7.05 Å². The fraction of sp³-hybridized carbons (Fsp3) is 0.526. The molecule has 8 heteroatoms. The van der Waals surface area contributed by atoms with Crippen molar-refractivity contribution in [3.8, 4) is 5.75 Å². The molecule has 2 saturated heterocycles. The second-order valence-electron chi connectivity index (χ2n) is 7.45. The van der Waals surface area contributed by atoms with E-state index >= 15 is 0 Å². The quantitative estimate of drug-likeness (QED) is 0.736. The van der Waals surface area contributed by atoms with Gasteiger partial charge >= 0.3 is 6.03 Å². The molecular weight excluding hydrogens is 370 g/mol. The van der Waals surface area contributed by atoms with Crippen LogP contribution in [-0.4, -0.2) is 70.9 Å². The van der Waals surface area contributed by atoms with Crippen LogP contribution in [0.3, 0.4) is 0 Å². The molecule has 2 fully saturated rings. The summed E-state index contributed by atoms with van der Waals surface area (Å²) in [7, 11) is 1.50. The Kier molecular flexibility index (Phi) is 5.33. The summed E-state index contributed by atoms with van der Waals surface area (Å²) in [5.41, 5.74) is -1.01. The number of rotatable bonds is 4. The molecule has 0 bridgehead atoms. The van der Waals surface area contributed by atoms with Gasteiger partial charge in [0.1, 0.15) is 12.3 Å².